The van der Waals surface area contributed by atoms with Gasteiger partial charge in [-0.15, -0.1) is 0 Å². The van der Waals surface area contributed by atoms with E-state index in [2.05, 4.69) is 41.5 Å². The maximum absolute atomic E-state index is 12.3. The molecule has 0 saturated heterocycles. The molecule has 26 heavy (non-hydrogen) atoms. The van der Waals surface area contributed by atoms with Gasteiger partial charge >= 0.3 is 0 Å². The van der Waals surface area contributed by atoms with Gasteiger partial charge in [-0.25, -0.2) is 4.98 Å². The summed E-state index contributed by atoms with van der Waals surface area (Å²) in [5.41, 5.74) is 1.99. The number of fused-ring (bicyclic) bond motifs is 1. The molecule has 0 radical (unpaired) electrons. The van der Waals surface area contributed by atoms with Gasteiger partial charge in [-0.3, -0.25) is 10.1 Å². The highest BCUT2D eigenvalue weighted by Gasteiger charge is 2.23. The molecular formula is C19H20BrN5O. The number of nitrogens with one attached hydrogen (secondary N) is 2. The molecule has 3 rings (SSSR count). The number of pyridine rings is 1. The molecule has 0 unspecified atom stereocenters. The smallest absolute Gasteiger partial charge is 0.233 e. The van der Waals surface area contributed by atoms with Crippen LogP contribution in [0.4, 0.5) is 17.5 Å². The number of hydrogen-bond acceptors (Lipinski definition) is 5. The van der Waals surface area contributed by atoms with Crippen molar-refractivity contribution in [3.63, 3.8) is 0 Å². The van der Waals surface area contributed by atoms with E-state index in [9.17, 15) is 4.79 Å². The van der Waals surface area contributed by atoms with E-state index in [1.807, 2.05) is 58.0 Å². The summed E-state index contributed by atoms with van der Waals surface area (Å²) in [6, 6.07) is 9.87. The van der Waals surface area contributed by atoms with E-state index in [0.717, 1.165) is 21.1 Å². The Kier molecular flexibility index (Phi) is 4.91. The van der Waals surface area contributed by atoms with Crippen molar-refractivity contribution in [1.29, 1.82) is 0 Å². The second kappa shape index (κ2) is 6.99. The number of carbonyl (C=O) groups excluding carboxylic acids is 1. The molecule has 0 atom stereocenters. The minimum absolute atomic E-state index is 0.157. The number of rotatable bonds is 3. The Hall–Kier alpha value is -2.54. The average molecular weight is 414 g/mol. The lowest BCUT2D eigenvalue weighted by Gasteiger charge is -2.17. The molecule has 134 valence electrons. The Labute approximate surface area is 160 Å². The van der Waals surface area contributed by atoms with Crippen LogP contribution in [0.5, 0.6) is 0 Å². The van der Waals surface area contributed by atoms with Crippen molar-refractivity contribution in [2.75, 3.05) is 10.6 Å². The van der Waals surface area contributed by atoms with Gasteiger partial charge < -0.3 is 5.32 Å². The molecule has 0 aliphatic heterocycles. The molecule has 1 amide bonds. The summed E-state index contributed by atoms with van der Waals surface area (Å²) in [6.07, 6.45) is 1.67. The number of benzene rings is 1. The van der Waals surface area contributed by atoms with Gasteiger partial charge in [0.25, 0.3) is 0 Å². The molecule has 0 bridgehead atoms. The Morgan fingerprint density at radius 2 is 1.92 bits per heavy atom. The molecule has 2 aromatic heterocycles. The lowest BCUT2D eigenvalue weighted by atomic mass is 9.96. The van der Waals surface area contributed by atoms with Crippen molar-refractivity contribution in [2.45, 2.75) is 27.7 Å². The standard InChI is InChI=1S/C19H20BrN5O/c1-11-6-5-7-13(8-11)22-16-14-9-12(20)10-21-15(14)23-18(24-16)25-17(26)19(2,3)4/h5-10H,1-4H3,(H2,21,22,23,24,25,26). The van der Waals surface area contributed by atoms with E-state index in [-0.39, 0.29) is 11.9 Å². The SMILES string of the molecule is Cc1cccc(Nc2nc(NC(=O)C(C)(C)C)nc3ncc(Br)cc23)c1. The van der Waals surface area contributed by atoms with Crippen molar-refractivity contribution < 1.29 is 4.79 Å². The number of hydrogen-bond donors (Lipinski definition) is 2. The van der Waals surface area contributed by atoms with Gasteiger partial charge in [0.2, 0.25) is 11.9 Å². The van der Waals surface area contributed by atoms with Gasteiger partial charge in [-0.1, -0.05) is 32.9 Å². The highest BCUT2D eigenvalue weighted by atomic mass is 79.9. The summed E-state index contributed by atoms with van der Waals surface area (Å²) in [5.74, 6) is 0.650. The number of anilines is 3. The topological polar surface area (TPSA) is 79.8 Å². The fourth-order valence-corrected chi connectivity index (χ4v) is 2.62. The first-order chi connectivity index (χ1) is 12.2. The van der Waals surface area contributed by atoms with Gasteiger partial charge in [-0.05, 0) is 46.6 Å². The van der Waals surface area contributed by atoms with Crippen LogP contribution >= 0.6 is 15.9 Å². The number of aromatic nitrogens is 3. The van der Waals surface area contributed by atoms with E-state index in [1.54, 1.807) is 6.20 Å². The van der Waals surface area contributed by atoms with Crippen molar-refractivity contribution in [3.8, 4) is 0 Å². The van der Waals surface area contributed by atoms with Gasteiger partial charge in [0.15, 0.2) is 5.65 Å². The fraction of sp³-hybridized carbons (Fsp3) is 0.263. The van der Waals surface area contributed by atoms with Crippen LogP contribution in [-0.2, 0) is 4.79 Å². The Balaban J connectivity index is 2.06. The first-order valence-electron chi connectivity index (χ1n) is 8.21. The second-order valence-corrected chi connectivity index (χ2v) is 8.03. The number of nitrogens with zero attached hydrogens (tertiary/aromatic N) is 3. The highest BCUT2D eigenvalue weighted by Crippen LogP contribution is 2.27. The number of halogens is 1. The second-order valence-electron chi connectivity index (χ2n) is 7.12. The zero-order valence-electron chi connectivity index (χ0n) is 15.1. The van der Waals surface area contributed by atoms with Gasteiger partial charge in [0.1, 0.15) is 5.82 Å². The third kappa shape index (κ3) is 4.16. The zero-order valence-corrected chi connectivity index (χ0v) is 16.7. The molecule has 2 heterocycles. The van der Waals surface area contributed by atoms with Crippen LogP contribution in [0.15, 0.2) is 41.0 Å². The monoisotopic (exact) mass is 413 g/mol. The van der Waals surface area contributed by atoms with Gasteiger partial charge in [-0.2, -0.15) is 9.97 Å². The molecule has 1 aromatic carbocycles. The third-order valence-electron chi connectivity index (χ3n) is 3.71. The maximum atomic E-state index is 12.3. The summed E-state index contributed by atoms with van der Waals surface area (Å²) in [4.78, 5) is 25.5. The molecule has 0 saturated carbocycles. The number of amides is 1. The molecule has 0 aliphatic carbocycles. The lowest BCUT2D eigenvalue weighted by Crippen LogP contribution is -2.28. The molecular weight excluding hydrogens is 394 g/mol. The zero-order chi connectivity index (χ0) is 18.9. The summed E-state index contributed by atoms with van der Waals surface area (Å²) in [7, 11) is 0. The van der Waals surface area contributed by atoms with Crippen LogP contribution in [0.2, 0.25) is 0 Å². The van der Waals surface area contributed by atoms with Crippen molar-refractivity contribution >= 4 is 50.3 Å². The molecule has 7 heteroatoms. The quantitative estimate of drug-likeness (QED) is 0.642. The van der Waals surface area contributed by atoms with Crippen LogP contribution in [0, 0.1) is 12.3 Å². The van der Waals surface area contributed by atoms with Crippen LogP contribution < -0.4 is 10.6 Å². The molecule has 0 spiro atoms. The molecule has 3 aromatic rings. The normalized spacial score (nSPS) is 11.4. The Morgan fingerprint density at radius 1 is 1.15 bits per heavy atom. The van der Waals surface area contributed by atoms with E-state index < -0.39 is 5.41 Å². The average Bonchev–Trinajstić information content (AvgIpc) is 2.54. The van der Waals surface area contributed by atoms with Gasteiger partial charge in [0.05, 0.1) is 5.39 Å². The number of aryl methyl sites for hydroxylation is 1. The molecule has 2 N–H and O–H groups in total. The Bertz CT molecular complexity index is 981. The summed E-state index contributed by atoms with van der Waals surface area (Å²) >= 11 is 3.43. The van der Waals surface area contributed by atoms with Gasteiger partial charge in [0, 0.05) is 21.8 Å². The van der Waals surface area contributed by atoms with E-state index >= 15 is 0 Å². The Morgan fingerprint density at radius 3 is 2.62 bits per heavy atom. The van der Waals surface area contributed by atoms with E-state index in [0.29, 0.717) is 11.5 Å². The predicted octanol–water partition coefficient (Wildman–Crippen LogP) is 4.82. The summed E-state index contributed by atoms with van der Waals surface area (Å²) in [6.45, 7) is 7.54. The van der Waals surface area contributed by atoms with E-state index in [1.165, 1.54) is 0 Å². The van der Waals surface area contributed by atoms with Crippen molar-refractivity contribution in [3.05, 3.63) is 46.6 Å². The summed E-state index contributed by atoms with van der Waals surface area (Å²) in [5, 5.41) is 6.84. The minimum Gasteiger partial charge on any atom is -0.339 e. The number of carbonyl (C=O) groups is 1. The maximum Gasteiger partial charge on any atom is 0.233 e. The third-order valence-corrected chi connectivity index (χ3v) is 4.14. The van der Waals surface area contributed by atoms with Crippen LogP contribution in [0.1, 0.15) is 26.3 Å². The molecule has 0 aliphatic rings. The lowest BCUT2D eigenvalue weighted by molar-refractivity contribution is -0.123. The first kappa shape index (κ1) is 18.3. The molecule has 0 fully saturated rings. The fourth-order valence-electron chi connectivity index (χ4n) is 2.29. The van der Waals surface area contributed by atoms with Crippen molar-refractivity contribution in [1.82, 2.24) is 15.0 Å². The first-order valence-corrected chi connectivity index (χ1v) is 9.00. The summed E-state index contributed by atoms with van der Waals surface area (Å²) < 4.78 is 0.826. The van der Waals surface area contributed by atoms with Crippen LogP contribution in [-0.4, -0.2) is 20.9 Å². The highest BCUT2D eigenvalue weighted by molar-refractivity contribution is 9.10. The van der Waals surface area contributed by atoms with Crippen molar-refractivity contribution in [2.24, 2.45) is 5.41 Å². The minimum atomic E-state index is -0.546. The van der Waals surface area contributed by atoms with E-state index in [4.69, 9.17) is 0 Å². The predicted molar refractivity (Wildman–Crippen MR) is 108 cm³/mol. The largest absolute Gasteiger partial charge is 0.339 e. The molecule has 6 nitrogen and oxygen atoms in total. The van der Waals surface area contributed by atoms with Crippen LogP contribution in [0.3, 0.4) is 0 Å². The van der Waals surface area contributed by atoms with Crippen LogP contribution in [0.25, 0.3) is 11.0 Å².